The van der Waals surface area contributed by atoms with Gasteiger partial charge < -0.3 is 25.8 Å². The molecule has 1 aromatic heterocycles. The molecule has 0 saturated carbocycles. The summed E-state index contributed by atoms with van der Waals surface area (Å²) in [6, 6.07) is 5.27. The predicted octanol–water partition coefficient (Wildman–Crippen LogP) is 1.10. The zero-order valence-electron chi connectivity index (χ0n) is 15.4. The molecule has 0 spiro atoms. The smallest absolute Gasteiger partial charge is 0.271 e. The van der Waals surface area contributed by atoms with Crippen molar-refractivity contribution in [2.24, 2.45) is 5.73 Å². The van der Waals surface area contributed by atoms with Gasteiger partial charge in [-0.2, -0.15) is 0 Å². The van der Waals surface area contributed by atoms with Crippen molar-refractivity contribution in [1.82, 2.24) is 15.6 Å². The average Bonchev–Trinajstić information content (AvgIpc) is 3.14. The molecule has 146 valence electrons. The lowest BCUT2D eigenvalue weighted by Crippen LogP contribution is -2.28. The number of rotatable bonds is 10. The number of nitrogens with zero attached hydrogens (tertiary/aromatic N) is 1. The van der Waals surface area contributed by atoms with Crippen LogP contribution in [0, 0.1) is 0 Å². The molecule has 2 rings (SSSR count). The number of hydrogen-bond donors (Lipinski definition) is 3. The molecular weight excluding hydrogens is 368 g/mol. The lowest BCUT2D eigenvalue weighted by atomic mass is 10.2. The Morgan fingerprint density at radius 1 is 1.26 bits per heavy atom. The van der Waals surface area contributed by atoms with Crippen LogP contribution in [0.1, 0.15) is 28.0 Å². The second-order valence-corrected chi connectivity index (χ2v) is 6.52. The average molecular weight is 392 g/mol. The molecule has 2 aromatic rings. The summed E-state index contributed by atoms with van der Waals surface area (Å²) in [5.74, 6) is 0.507. The van der Waals surface area contributed by atoms with Crippen molar-refractivity contribution in [3.05, 3.63) is 39.8 Å². The van der Waals surface area contributed by atoms with Crippen molar-refractivity contribution in [3.63, 3.8) is 0 Å². The summed E-state index contributed by atoms with van der Waals surface area (Å²) in [5, 5.41) is 8.05. The molecule has 4 N–H and O–H groups in total. The number of thiazole rings is 1. The number of aromatic nitrogens is 1. The molecule has 27 heavy (non-hydrogen) atoms. The largest absolute Gasteiger partial charge is 0.493 e. The molecular formula is C18H24N4O4S. The molecule has 1 heterocycles. The number of methoxy groups -OCH3 is 1. The Morgan fingerprint density at radius 3 is 2.78 bits per heavy atom. The number of benzene rings is 1. The number of amides is 2. The van der Waals surface area contributed by atoms with Crippen LogP contribution in [0.5, 0.6) is 11.5 Å². The second-order valence-electron chi connectivity index (χ2n) is 5.58. The Kier molecular flexibility index (Phi) is 8.02. The normalized spacial score (nSPS) is 10.3. The van der Waals surface area contributed by atoms with E-state index in [9.17, 15) is 9.59 Å². The number of carbonyl (C=O) groups is 2. The number of ether oxygens (including phenoxy) is 2. The first-order chi connectivity index (χ1) is 13.1. The zero-order valence-corrected chi connectivity index (χ0v) is 16.2. The Labute approximate surface area is 162 Å². The summed E-state index contributed by atoms with van der Waals surface area (Å²) < 4.78 is 10.8. The Balaban J connectivity index is 1.94. The van der Waals surface area contributed by atoms with E-state index in [-0.39, 0.29) is 18.4 Å². The summed E-state index contributed by atoms with van der Waals surface area (Å²) in [4.78, 5) is 28.0. The molecule has 0 atom stereocenters. The van der Waals surface area contributed by atoms with Crippen LogP contribution in [-0.4, -0.2) is 43.6 Å². The maximum Gasteiger partial charge on any atom is 0.271 e. The van der Waals surface area contributed by atoms with E-state index in [4.69, 9.17) is 15.2 Å². The van der Waals surface area contributed by atoms with Crippen LogP contribution in [0.2, 0.25) is 0 Å². The van der Waals surface area contributed by atoms with Gasteiger partial charge in [0.25, 0.3) is 11.8 Å². The third-order valence-corrected chi connectivity index (χ3v) is 4.47. The highest BCUT2D eigenvalue weighted by Gasteiger charge is 2.12. The predicted molar refractivity (Wildman–Crippen MR) is 103 cm³/mol. The van der Waals surface area contributed by atoms with Crippen LogP contribution >= 0.6 is 11.3 Å². The van der Waals surface area contributed by atoms with Crippen molar-refractivity contribution in [2.45, 2.75) is 19.9 Å². The summed E-state index contributed by atoms with van der Waals surface area (Å²) in [6.45, 7) is 3.12. The molecule has 0 unspecified atom stereocenters. The number of hydrogen-bond acceptors (Lipinski definition) is 7. The summed E-state index contributed by atoms with van der Waals surface area (Å²) in [7, 11) is 1.52. The van der Waals surface area contributed by atoms with Crippen LogP contribution in [0.3, 0.4) is 0 Å². The van der Waals surface area contributed by atoms with Gasteiger partial charge in [-0.05, 0) is 31.2 Å². The molecule has 0 fully saturated rings. The lowest BCUT2D eigenvalue weighted by molar-refractivity contribution is -0.123. The van der Waals surface area contributed by atoms with Gasteiger partial charge in [0, 0.05) is 24.9 Å². The van der Waals surface area contributed by atoms with E-state index >= 15 is 0 Å². The molecule has 0 aliphatic rings. The molecule has 0 radical (unpaired) electrons. The van der Waals surface area contributed by atoms with Gasteiger partial charge in [0.1, 0.15) is 5.69 Å². The highest BCUT2D eigenvalue weighted by Crippen LogP contribution is 2.28. The highest BCUT2D eigenvalue weighted by molar-refractivity contribution is 7.09. The van der Waals surface area contributed by atoms with Gasteiger partial charge in [-0.3, -0.25) is 9.59 Å². The maximum atomic E-state index is 12.2. The molecule has 2 amide bonds. The van der Waals surface area contributed by atoms with Crippen molar-refractivity contribution in [2.75, 3.05) is 26.8 Å². The molecule has 0 aliphatic carbocycles. The quantitative estimate of drug-likeness (QED) is 0.558. The second kappa shape index (κ2) is 10.5. The van der Waals surface area contributed by atoms with Crippen molar-refractivity contribution >= 4 is 23.2 Å². The molecule has 0 aliphatic heterocycles. The van der Waals surface area contributed by atoms with E-state index in [1.165, 1.54) is 18.4 Å². The fraction of sp³-hybridized carbons (Fsp3) is 0.389. The monoisotopic (exact) mass is 392 g/mol. The minimum absolute atomic E-state index is 0.0881. The third-order valence-electron chi connectivity index (χ3n) is 3.56. The van der Waals surface area contributed by atoms with Crippen molar-refractivity contribution < 1.29 is 19.1 Å². The number of nitrogens with two attached hydrogens (primary N) is 1. The first kappa shape index (κ1) is 20.7. The van der Waals surface area contributed by atoms with Crippen LogP contribution < -0.4 is 25.8 Å². The Bertz CT molecular complexity index is 778. The van der Waals surface area contributed by atoms with Gasteiger partial charge in [-0.15, -0.1) is 11.3 Å². The van der Waals surface area contributed by atoms with Gasteiger partial charge in [-0.25, -0.2) is 4.98 Å². The van der Waals surface area contributed by atoms with E-state index in [0.717, 1.165) is 10.6 Å². The van der Waals surface area contributed by atoms with Gasteiger partial charge in [0.15, 0.2) is 18.1 Å². The van der Waals surface area contributed by atoms with Gasteiger partial charge in [-0.1, -0.05) is 6.07 Å². The molecule has 9 heteroatoms. The molecule has 1 aromatic carbocycles. The minimum atomic E-state index is -0.245. The standard InChI is InChI=1S/C18H24N4O4S/c1-3-20-16(23)10-26-14-5-4-12(8-15(14)25-2)9-21-18(24)13-11-27-17(22-13)6-7-19/h4-5,8,11H,3,6-7,9-10,19H2,1-2H3,(H,20,23)(H,21,24). The van der Waals surface area contributed by atoms with Gasteiger partial charge in [0.05, 0.1) is 12.1 Å². The molecule has 0 saturated heterocycles. The highest BCUT2D eigenvalue weighted by atomic mass is 32.1. The zero-order chi connectivity index (χ0) is 19.6. The van der Waals surface area contributed by atoms with Crippen LogP contribution in [0.25, 0.3) is 0 Å². The fourth-order valence-corrected chi connectivity index (χ4v) is 3.05. The van der Waals surface area contributed by atoms with Crippen molar-refractivity contribution in [1.29, 1.82) is 0 Å². The topological polar surface area (TPSA) is 116 Å². The molecule has 0 bridgehead atoms. The first-order valence-electron chi connectivity index (χ1n) is 8.56. The van der Waals surface area contributed by atoms with Crippen LogP contribution in [0.15, 0.2) is 23.6 Å². The van der Waals surface area contributed by atoms with E-state index in [2.05, 4.69) is 15.6 Å². The Morgan fingerprint density at radius 2 is 2.07 bits per heavy atom. The number of likely N-dealkylation sites (N-methyl/N-ethyl adjacent to an activating group) is 1. The first-order valence-corrected chi connectivity index (χ1v) is 9.44. The van der Waals surface area contributed by atoms with E-state index in [1.807, 2.05) is 6.92 Å². The van der Waals surface area contributed by atoms with Crippen LogP contribution in [0.4, 0.5) is 0 Å². The maximum absolute atomic E-state index is 12.2. The number of nitrogens with one attached hydrogen (secondary N) is 2. The lowest BCUT2D eigenvalue weighted by Gasteiger charge is -2.12. The summed E-state index contributed by atoms with van der Waals surface area (Å²) in [6.07, 6.45) is 0.660. The van der Waals surface area contributed by atoms with Crippen LogP contribution in [-0.2, 0) is 17.8 Å². The van der Waals surface area contributed by atoms with E-state index in [1.54, 1.807) is 23.6 Å². The SMILES string of the molecule is CCNC(=O)COc1ccc(CNC(=O)c2csc(CCN)n2)cc1OC. The summed E-state index contributed by atoms with van der Waals surface area (Å²) in [5.41, 5.74) is 6.72. The van der Waals surface area contributed by atoms with Gasteiger partial charge >= 0.3 is 0 Å². The van der Waals surface area contributed by atoms with Crippen molar-refractivity contribution in [3.8, 4) is 11.5 Å². The number of carbonyl (C=O) groups excluding carboxylic acids is 2. The Hall–Kier alpha value is -2.65. The minimum Gasteiger partial charge on any atom is -0.493 e. The molecule has 8 nitrogen and oxygen atoms in total. The van der Waals surface area contributed by atoms with E-state index in [0.29, 0.717) is 43.2 Å². The van der Waals surface area contributed by atoms with Gasteiger partial charge in [0.2, 0.25) is 0 Å². The van der Waals surface area contributed by atoms with E-state index < -0.39 is 0 Å². The fourth-order valence-electron chi connectivity index (χ4n) is 2.26. The third kappa shape index (κ3) is 6.22. The summed E-state index contributed by atoms with van der Waals surface area (Å²) >= 11 is 1.42.